The average molecular weight is 652 g/mol. The molecule has 44 heavy (non-hydrogen) atoms. The minimum absolute atomic E-state index is 0.0634. The third-order valence-corrected chi connectivity index (χ3v) is 11.3. The lowest BCUT2D eigenvalue weighted by atomic mass is 9.86. The number of aromatic nitrogens is 2. The summed E-state index contributed by atoms with van der Waals surface area (Å²) in [6, 6.07) is 4.47. The van der Waals surface area contributed by atoms with E-state index in [2.05, 4.69) is 34.6 Å². The van der Waals surface area contributed by atoms with E-state index in [4.69, 9.17) is 9.47 Å². The van der Waals surface area contributed by atoms with Gasteiger partial charge >= 0.3 is 6.09 Å². The van der Waals surface area contributed by atoms with Gasteiger partial charge in [0, 0.05) is 27.3 Å². The fourth-order valence-electron chi connectivity index (χ4n) is 4.64. The molecule has 0 spiro atoms. The van der Waals surface area contributed by atoms with Gasteiger partial charge in [0.1, 0.15) is 23.8 Å². The molecule has 0 bridgehead atoms. The van der Waals surface area contributed by atoms with E-state index >= 15 is 8.78 Å². The number of benzene rings is 1. The fraction of sp³-hybridized carbons (Fsp3) is 0.517. The quantitative estimate of drug-likeness (QED) is 0.194. The molecule has 15 heteroatoms. The van der Waals surface area contributed by atoms with E-state index in [9.17, 15) is 18.3 Å². The van der Waals surface area contributed by atoms with Crippen molar-refractivity contribution >= 4 is 42.1 Å². The van der Waals surface area contributed by atoms with Crippen LogP contribution in [0.25, 0.3) is 11.9 Å². The number of hydrogen-bond acceptors (Lipinski definition) is 8. The van der Waals surface area contributed by atoms with E-state index in [1.54, 1.807) is 0 Å². The molecule has 2 aliphatic rings. The maximum atomic E-state index is 15.3. The molecule has 1 aliphatic heterocycles. The Bertz CT molecular complexity index is 1530. The Morgan fingerprint density at radius 2 is 1.98 bits per heavy atom. The number of hydrogen-bond donors (Lipinski definition) is 1. The average Bonchev–Trinajstić information content (AvgIpc) is 2.90. The summed E-state index contributed by atoms with van der Waals surface area (Å²) in [6.07, 6.45) is 5.62. The summed E-state index contributed by atoms with van der Waals surface area (Å²) in [5, 5.41) is 9.91. The number of aliphatic imine (C=N–C) groups is 1. The number of guanidine groups is 1. The number of rotatable bonds is 11. The molecule has 1 atom stereocenters. The first-order valence-electron chi connectivity index (χ1n) is 14.4. The van der Waals surface area contributed by atoms with Crippen LogP contribution in [-0.4, -0.2) is 85.6 Å². The highest BCUT2D eigenvalue weighted by molar-refractivity contribution is 7.89. The van der Waals surface area contributed by atoms with Gasteiger partial charge in [0.2, 0.25) is 21.9 Å². The molecule has 1 aliphatic carbocycles. The van der Waals surface area contributed by atoms with Crippen molar-refractivity contribution in [3.63, 3.8) is 0 Å². The van der Waals surface area contributed by atoms with Gasteiger partial charge in [0.05, 0.1) is 24.8 Å². The number of sulfonamides is 1. The molecule has 2 heterocycles. The molecule has 0 saturated heterocycles. The second-order valence-electron chi connectivity index (χ2n) is 12.5. The summed E-state index contributed by atoms with van der Waals surface area (Å²) in [5.74, 6) is -1.82. The van der Waals surface area contributed by atoms with Crippen LogP contribution in [0.4, 0.5) is 13.6 Å². The van der Waals surface area contributed by atoms with Gasteiger partial charge in [-0.3, -0.25) is 0 Å². The van der Waals surface area contributed by atoms with E-state index in [0.29, 0.717) is 23.3 Å². The monoisotopic (exact) mass is 651 g/mol. The van der Waals surface area contributed by atoms with Gasteiger partial charge < -0.3 is 14.6 Å². The topological polar surface area (TPSA) is 135 Å². The second kappa shape index (κ2) is 13.3. The Labute approximate surface area is 257 Å². The molecule has 1 fully saturated rings. The van der Waals surface area contributed by atoms with Crippen LogP contribution in [0.1, 0.15) is 43.0 Å². The summed E-state index contributed by atoms with van der Waals surface area (Å²) in [5.41, 5.74) is -1.74. The Morgan fingerprint density at radius 3 is 2.57 bits per heavy atom. The summed E-state index contributed by atoms with van der Waals surface area (Å²) >= 11 is 0. The Balaban J connectivity index is 1.60. The van der Waals surface area contributed by atoms with Gasteiger partial charge in [-0.1, -0.05) is 32.1 Å². The predicted octanol–water partition coefficient (Wildman–Crippen LogP) is 5.40. The number of amides is 1. The fourth-order valence-corrected chi connectivity index (χ4v) is 6.91. The van der Waals surface area contributed by atoms with Gasteiger partial charge in [-0.15, -0.1) is 0 Å². The third-order valence-electron chi connectivity index (χ3n) is 7.63. The molecule has 240 valence electrons. The largest absolute Gasteiger partial charge is 0.476 e. The van der Waals surface area contributed by atoms with Crippen LogP contribution in [0, 0.1) is 11.7 Å². The van der Waals surface area contributed by atoms with E-state index in [1.165, 1.54) is 44.9 Å². The summed E-state index contributed by atoms with van der Waals surface area (Å²) in [7, 11) is -4.43. The summed E-state index contributed by atoms with van der Waals surface area (Å²) < 4.78 is 68.8. The molecule has 11 nitrogen and oxygen atoms in total. The van der Waals surface area contributed by atoms with Gasteiger partial charge in [-0.05, 0) is 55.5 Å². The Morgan fingerprint density at radius 1 is 1.25 bits per heavy atom. The zero-order chi connectivity index (χ0) is 32.3. The maximum absolute atomic E-state index is 15.3. The molecule has 0 radical (unpaired) electrons. The van der Waals surface area contributed by atoms with Crippen LogP contribution in [0.2, 0.25) is 25.7 Å². The number of ether oxygens (including phenoxy) is 2. The first-order valence-corrected chi connectivity index (χ1v) is 19.7. The zero-order valence-electron chi connectivity index (χ0n) is 25.6. The third kappa shape index (κ3) is 8.18. The van der Waals surface area contributed by atoms with Crippen molar-refractivity contribution in [3.05, 3.63) is 53.2 Å². The van der Waals surface area contributed by atoms with Crippen molar-refractivity contribution in [2.75, 3.05) is 32.7 Å². The van der Waals surface area contributed by atoms with Crippen molar-refractivity contribution < 1.29 is 36.6 Å². The molecule has 1 aromatic heterocycles. The highest BCUT2D eigenvalue weighted by Gasteiger charge is 2.45. The Kier molecular flexibility index (Phi) is 10.1. The highest BCUT2D eigenvalue weighted by Crippen LogP contribution is 2.36. The number of halogens is 2. The molecule has 1 saturated carbocycles. The molecule has 1 amide bonds. The lowest BCUT2D eigenvalue weighted by Crippen LogP contribution is -2.55. The van der Waals surface area contributed by atoms with Crippen molar-refractivity contribution in [1.29, 1.82) is 0 Å². The SMILES string of the molecule is CN1C(N(COCC[Si](C)(C)C)C(=O)O)=NC(C)(c2cc(C=C(F)c3cnc(OCC4CCC4)cn3)ccc2F)CS1(=O)=O. The van der Waals surface area contributed by atoms with Crippen LogP contribution in [-0.2, 0) is 20.3 Å². The van der Waals surface area contributed by atoms with Crippen LogP contribution in [0.3, 0.4) is 0 Å². The van der Waals surface area contributed by atoms with Gasteiger partial charge in [-0.2, -0.15) is 0 Å². The van der Waals surface area contributed by atoms with Crippen LogP contribution >= 0.6 is 0 Å². The minimum Gasteiger partial charge on any atom is -0.476 e. The second-order valence-corrected chi connectivity index (χ2v) is 20.2. The first-order chi connectivity index (χ1) is 20.6. The van der Waals surface area contributed by atoms with Gasteiger partial charge in [-0.25, -0.2) is 46.2 Å². The van der Waals surface area contributed by atoms with Crippen molar-refractivity contribution in [3.8, 4) is 5.88 Å². The highest BCUT2D eigenvalue weighted by atomic mass is 32.2. The molecule has 4 rings (SSSR count). The van der Waals surface area contributed by atoms with Gasteiger partial charge in [0.25, 0.3) is 0 Å². The minimum atomic E-state index is -4.14. The van der Waals surface area contributed by atoms with E-state index in [-0.39, 0.29) is 23.4 Å². The molecule has 2 aromatic rings. The summed E-state index contributed by atoms with van der Waals surface area (Å²) in [4.78, 5) is 25.5. The predicted molar refractivity (Wildman–Crippen MR) is 165 cm³/mol. The van der Waals surface area contributed by atoms with Crippen molar-refractivity contribution in [1.82, 2.24) is 19.2 Å². The molecule has 1 aromatic carbocycles. The normalized spacial score (nSPS) is 20.6. The van der Waals surface area contributed by atoms with Crippen LogP contribution < -0.4 is 4.74 Å². The molecule has 1 N–H and O–H groups in total. The molecular weight excluding hydrogens is 612 g/mol. The molecule has 1 unspecified atom stereocenters. The number of carboxylic acid groups (broad SMARTS) is 1. The summed E-state index contributed by atoms with van der Waals surface area (Å²) in [6.45, 7) is 8.17. The maximum Gasteiger partial charge on any atom is 0.416 e. The number of nitrogens with zero attached hydrogens (tertiary/aromatic N) is 5. The van der Waals surface area contributed by atoms with E-state index < -0.39 is 59.8 Å². The molecular formula is C29H39F2N5O6SSi. The lowest BCUT2D eigenvalue weighted by molar-refractivity contribution is 0.0653. The van der Waals surface area contributed by atoms with Crippen molar-refractivity contribution in [2.24, 2.45) is 10.9 Å². The lowest BCUT2D eigenvalue weighted by Gasteiger charge is -2.38. The van der Waals surface area contributed by atoms with Crippen molar-refractivity contribution in [2.45, 2.75) is 57.4 Å². The smallest absolute Gasteiger partial charge is 0.416 e. The number of carbonyl (C=O) groups is 1. The van der Waals surface area contributed by atoms with E-state index in [0.717, 1.165) is 35.3 Å². The van der Waals surface area contributed by atoms with Crippen LogP contribution in [0.15, 0.2) is 35.6 Å². The zero-order valence-corrected chi connectivity index (χ0v) is 27.4. The van der Waals surface area contributed by atoms with E-state index in [1.807, 2.05) is 0 Å². The van der Waals surface area contributed by atoms with Crippen LogP contribution in [0.5, 0.6) is 5.88 Å². The first kappa shape index (κ1) is 33.5. The standard InChI is InChI=1S/C29H39F2N5O6SSi/c1-29(18-43(39,40)35(2)27(34-29)36(28(37)38)19-41-11-12-44(3,4)5)22-13-21(9-10-23(22)30)14-24(31)25-15-33-26(16-32-25)42-17-20-7-6-8-20/h9-10,13-16,20H,6-8,11-12,17-19H2,1-5H3,(H,37,38). The van der Waals surface area contributed by atoms with Gasteiger partial charge in [0.15, 0.2) is 5.83 Å². The Hall–Kier alpha value is -3.43.